The van der Waals surface area contributed by atoms with Gasteiger partial charge >= 0.3 is 11.9 Å². The van der Waals surface area contributed by atoms with E-state index in [-0.39, 0.29) is 5.56 Å². The van der Waals surface area contributed by atoms with Crippen LogP contribution in [0.1, 0.15) is 19.4 Å². The van der Waals surface area contributed by atoms with E-state index in [9.17, 15) is 34.5 Å². The molecule has 4 atom stereocenters. The molecule has 0 aromatic carbocycles. The Labute approximate surface area is 156 Å². The quantitative estimate of drug-likeness (QED) is 0.388. The van der Waals surface area contributed by atoms with Crippen molar-refractivity contribution in [3.8, 4) is 0 Å². The number of thiophene rings is 1. The van der Waals surface area contributed by atoms with E-state index >= 15 is 0 Å². The van der Waals surface area contributed by atoms with Gasteiger partial charge in [0.1, 0.15) is 17.5 Å². The number of aliphatic carboxylic acids is 2. The topological polar surface area (TPSA) is 144 Å². The first-order chi connectivity index (χ1) is 12.0. The van der Waals surface area contributed by atoms with Crippen LogP contribution in [0, 0.1) is 0 Å². The fourth-order valence-corrected chi connectivity index (χ4v) is 5.54. The van der Waals surface area contributed by atoms with Crippen molar-refractivity contribution in [1.82, 2.24) is 10.2 Å². The van der Waals surface area contributed by atoms with Crippen LogP contribution in [0.15, 0.2) is 16.8 Å². The Morgan fingerprint density at radius 1 is 1.31 bits per heavy atom. The Bertz CT molecular complexity index is 794. The predicted molar refractivity (Wildman–Crippen MR) is 91.5 cm³/mol. The normalized spacial score (nSPS) is 28.7. The second-order valence-corrected chi connectivity index (χ2v) is 9.13. The maximum absolute atomic E-state index is 12.5. The van der Waals surface area contributed by atoms with Crippen molar-refractivity contribution >= 4 is 46.9 Å². The highest BCUT2D eigenvalue weighted by Gasteiger charge is 2.65. The molecule has 11 heteroatoms. The first-order valence-electron chi connectivity index (χ1n) is 7.54. The van der Waals surface area contributed by atoms with Crippen LogP contribution in [-0.2, 0) is 24.8 Å². The average Bonchev–Trinajstić information content (AvgIpc) is 3.16. The van der Waals surface area contributed by atoms with Crippen LogP contribution in [0.4, 0.5) is 0 Å². The molecule has 0 aliphatic carbocycles. The summed E-state index contributed by atoms with van der Waals surface area (Å²) in [6.07, 6.45) is 0. The third kappa shape index (κ3) is 2.49. The smallest absolute Gasteiger partial charge is 0.350 e. The van der Waals surface area contributed by atoms with E-state index in [2.05, 4.69) is 5.32 Å². The van der Waals surface area contributed by atoms with E-state index in [0.717, 1.165) is 11.3 Å². The molecule has 140 valence electrons. The van der Waals surface area contributed by atoms with Crippen LogP contribution in [-0.4, -0.2) is 66.2 Å². The zero-order valence-electron chi connectivity index (χ0n) is 13.7. The van der Waals surface area contributed by atoms with E-state index < -0.39 is 51.6 Å². The summed E-state index contributed by atoms with van der Waals surface area (Å²) in [6.45, 7) is 3.36. The number of carboxylic acids is 2. The van der Waals surface area contributed by atoms with Gasteiger partial charge in [-0.25, -0.2) is 9.59 Å². The van der Waals surface area contributed by atoms with E-state index in [1.54, 1.807) is 13.8 Å². The monoisotopic (exact) mass is 400 g/mol. The minimum Gasteiger partial charge on any atom is -0.480 e. The van der Waals surface area contributed by atoms with Crippen LogP contribution in [0.2, 0.25) is 0 Å². The van der Waals surface area contributed by atoms with Gasteiger partial charge in [0.2, 0.25) is 5.91 Å². The number of thioether (sulfide) groups is 1. The van der Waals surface area contributed by atoms with Gasteiger partial charge < -0.3 is 25.5 Å². The number of fused-ring (bicyclic) bond motifs is 1. The van der Waals surface area contributed by atoms with Crippen molar-refractivity contribution in [2.45, 2.75) is 41.7 Å². The SMILES string of the molecule is CC1(C)S[C@@H]2[C@H](NC(=O)C(O)(C(=O)O)c3ccsc3)C(=O)N2[C@H]1C(=O)O. The third-order valence-corrected chi connectivity index (χ3v) is 6.79. The molecule has 0 radical (unpaired) electrons. The summed E-state index contributed by atoms with van der Waals surface area (Å²) < 4.78 is -0.776. The fraction of sp³-hybridized carbons (Fsp3) is 0.467. The molecule has 0 saturated carbocycles. The molecule has 1 unspecified atom stereocenters. The Hall–Kier alpha value is -2.11. The predicted octanol–water partition coefficient (Wildman–Crippen LogP) is -0.348. The van der Waals surface area contributed by atoms with E-state index in [0.29, 0.717) is 0 Å². The second-order valence-electron chi connectivity index (χ2n) is 6.58. The highest BCUT2D eigenvalue weighted by atomic mass is 32.2. The molecular weight excluding hydrogens is 384 g/mol. The zero-order chi connectivity index (χ0) is 19.4. The third-order valence-electron chi connectivity index (χ3n) is 4.54. The second kappa shape index (κ2) is 5.96. The highest BCUT2D eigenvalue weighted by molar-refractivity contribution is 8.01. The molecule has 2 amide bonds. The summed E-state index contributed by atoms with van der Waals surface area (Å²) in [6, 6.07) is -0.838. The van der Waals surface area contributed by atoms with Crippen molar-refractivity contribution < 1.29 is 34.5 Å². The van der Waals surface area contributed by atoms with E-state index in [1.165, 1.54) is 33.5 Å². The first kappa shape index (κ1) is 18.7. The number of carbonyl (C=O) groups excluding carboxylic acids is 2. The maximum atomic E-state index is 12.5. The molecule has 4 N–H and O–H groups in total. The van der Waals surface area contributed by atoms with Gasteiger partial charge in [-0.2, -0.15) is 11.3 Å². The van der Waals surface area contributed by atoms with Crippen molar-refractivity contribution in [2.24, 2.45) is 0 Å². The van der Waals surface area contributed by atoms with Crippen LogP contribution < -0.4 is 5.32 Å². The molecule has 2 fully saturated rings. The highest BCUT2D eigenvalue weighted by Crippen LogP contribution is 2.50. The number of amides is 2. The van der Waals surface area contributed by atoms with Gasteiger partial charge in [0.25, 0.3) is 11.5 Å². The van der Waals surface area contributed by atoms with Crippen LogP contribution in [0.5, 0.6) is 0 Å². The number of nitrogens with one attached hydrogen (secondary N) is 1. The number of aliphatic hydroxyl groups is 1. The largest absolute Gasteiger partial charge is 0.480 e. The molecule has 2 aliphatic rings. The lowest BCUT2D eigenvalue weighted by atomic mass is 9.93. The minimum atomic E-state index is -2.83. The Balaban J connectivity index is 1.82. The molecule has 2 saturated heterocycles. The van der Waals surface area contributed by atoms with Gasteiger partial charge in [0.15, 0.2) is 0 Å². The summed E-state index contributed by atoms with van der Waals surface area (Å²) in [7, 11) is 0. The van der Waals surface area contributed by atoms with Crippen LogP contribution in [0.25, 0.3) is 0 Å². The Kier molecular flexibility index (Phi) is 4.28. The van der Waals surface area contributed by atoms with Crippen molar-refractivity contribution in [3.05, 3.63) is 22.4 Å². The lowest BCUT2D eigenvalue weighted by Crippen LogP contribution is -2.72. The van der Waals surface area contributed by atoms with Crippen molar-refractivity contribution in [1.29, 1.82) is 0 Å². The number of carboxylic acid groups (broad SMARTS) is 2. The van der Waals surface area contributed by atoms with Crippen LogP contribution in [0.3, 0.4) is 0 Å². The lowest BCUT2D eigenvalue weighted by molar-refractivity contribution is -0.171. The average molecular weight is 400 g/mol. The van der Waals surface area contributed by atoms with Gasteiger partial charge in [-0.15, -0.1) is 11.8 Å². The molecule has 1 aromatic heterocycles. The molecule has 3 heterocycles. The molecule has 1 aromatic rings. The minimum absolute atomic E-state index is 0.112. The summed E-state index contributed by atoms with van der Waals surface area (Å²) in [4.78, 5) is 49.0. The fourth-order valence-electron chi connectivity index (χ4n) is 3.21. The van der Waals surface area contributed by atoms with Crippen molar-refractivity contribution in [2.75, 3.05) is 0 Å². The van der Waals surface area contributed by atoms with E-state index in [4.69, 9.17) is 0 Å². The van der Waals surface area contributed by atoms with Gasteiger partial charge in [0, 0.05) is 10.3 Å². The number of hydrogen-bond acceptors (Lipinski definition) is 7. The maximum Gasteiger partial charge on any atom is 0.350 e. The van der Waals surface area contributed by atoms with Gasteiger partial charge in [0.05, 0.1) is 0 Å². The van der Waals surface area contributed by atoms with Gasteiger partial charge in [-0.05, 0) is 30.7 Å². The molecule has 0 bridgehead atoms. The molecule has 0 spiro atoms. The lowest BCUT2D eigenvalue weighted by Gasteiger charge is -2.44. The van der Waals surface area contributed by atoms with Gasteiger partial charge in [-0.3, -0.25) is 9.59 Å². The van der Waals surface area contributed by atoms with Crippen molar-refractivity contribution in [3.63, 3.8) is 0 Å². The number of β-lactam (4-membered cyclic amide) rings is 1. The molecular formula is C15H16N2O7S2. The Morgan fingerprint density at radius 3 is 2.46 bits per heavy atom. The number of hydrogen-bond donors (Lipinski definition) is 4. The molecule has 2 aliphatic heterocycles. The molecule has 3 rings (SSSR count). The number of nitrogens with zero attached hydrogens (tertiary/aromatic N) is 1. The molecule has 26 heavy (non-hydrogen) atoms. The number of rotatable bonds is 5. The first-order valence-corrected chi connectivity index (χ1v) is 9.36. The standard InChI is InChI=1S/C15H16N2O7S2/c1-14(2)8(11(19)20)17-9(18)7(10(17)26-14)16-12(21)15(24,13(22)23)6-3-4-25-5-6/h3-5,7-8,10,24H,1-2H3,(H,16,21)(H,19,20)(H,22,23)/t7-,8+,10-,15?/m1/s1. The van der Waals surface area contributed by atoms with Crippen LogP contribution >= 0.6 is 23.1 Å². The summed E-state index contributed by atoms with van der Waals surface area (Å²) >= 11 is 2.32. The number of carbonyl (C=O) groups is 4. The summed E-state index contributed by atoms with van der Waals surface area (Å²) in [5.74, 6) is -4.77. The molecule has 9 nitrogen and oxygen atoms in total. The van der Waals surface area contributed by atoms with Gasteiger partial charge in [-0.1, -0.05) is 0 Å². The van der Waals surface area contributed by atoms with E-state index in [1.807, 2.05) is 0 Å². The zero-order valence-corrected chi connectivity index (χ0v) is 15.3. The summed E-state index contributed by atoms with van der Waals surface area (Å²) in [5, 5.41) is 33.6. The Morgan fingerprint density at radius 2 is 1.96 bits per heavy atom. The summed E-state index contributed by atoms with van der Waals surface area (Å²) in [5.41, 5.74) is -2.94.